The lowest BCUT2D eigenvalue weighted by molar-refractivity contribution is 0.217. The molecule has 1 N–H and O–H groups in total. The van der Waals surface area contributed by atoms with Gasteiger partial charge in [-0.25, -0.2) is 0 Å². The minimum Gasteiger partial charge on any atom is -0.491 e. The average molecular weight is 248 g/mol. The van der Waals surface area contributed by atoms with Crippen LogP contribution in [0.15, 0.2) is 24.3 Å². The molecule has 1 aliphatic heterocycles. The second-order valence-electron chi connectivity index (χ2n) is 4.92. The molecule has 1 heterocycles. The molecule has 0 aromatic heterocycles. The summed E-state index contributed by atoms with van der Waals surface area (Å²) in [5, 5.41) is 3.43. The molecule has 1 aromatic rings. The standard InChI is InChI=1S/C15H24N2O/c1-3-13(2)18-15-7-5-14(6-8-15)17-11-4-9-16-10-12-17/h5-8,13,16H,3-4,9-12H2,1-2H3. The van der Waals surface area contributed by atoms with Crippen LogP contribution in [-0.2, 0) is 0 Å². The van der Waals surface area contributed by atoms with E-state index in [-0.39, 0.29) is 0 Å². The normalized spacial score (nSPS) is 18.2. The SMILES string of the molecule is CCC(C)Oc1ccc(N2CCCNCC2)cc1. The van der Waals surface area contributed by atoms with Crippen molar-refractivity contribution in [1.82, 2.24) is 5.32 Å². The monoisotopic (exact) mass is 248 g/mol. The lowest BCUT2D eigenvalue weighted by Crippen LogP contribution is -2.27. The summed E-state index contributed by atoms with van der Waals surface area (Å²) >= 11 is 0. The van der Waals surface area contributed by atoms with Gasteiger partial charge < -0.3 is 15.0 Å². The Hall–Kier alpha value is -1.22. The van der Waals surface area contributed by atoms with E-state index in [1.807, 2.05) is 0 Å². The first kappa shape index (κ1) is 13.2. The minimum atomic E-state index is 0.290. The fourth-order valence-electron chi connectivity index (χ4n) is 2.16. The number of ether oxygens (including phenoxy) is 1. The number of hydrogen-bond acceptors (Lipinski definition) is 3. The lowest BCUT2D eigenvalue weighted by atomic mass is 10.2. The highest BCUT2D eigenvalue weighted by Gasteiger charge is 2.09. The molecule has 0 saturated carbocycles. The molecule has 3 nitrogen and oxygen atoms in total. The van der Waals surface area contributed by atoms with Gasteiger partial charge in [-0.15, -0.1) is 0 Å². The van der Waals surface area contributed by atoms with Crippen molar-refractivity contribution in [3.63, 3.8) is 0 Å². The Labute approximate surface area is 110 Å². The average Bonchev–Trinajstić information content (AvgIpc) is 2.68. The van der Waals surface area contributed by atoms with Gasteiger partial charge in [0.05, 0.1) is 6.10 Å². The van der Waals surface area contributed by atoms with E-state index in [1.165, 1.54) is 12.1 Å². The van der Waals surface area contributed by atoms with Crippen LogP contribution in [0, 0.1) is 0 Å². The third-order valence-corrected chi connectivity index (χ3v) is 3.45. The molecular formula is C15H24N2O. The summed E-state index contributed by atoms with van der Waals surface area (Å²) in [5.74, 6) is 0.973. The molecule has 1 atom stereocenters. The molecule has 0 radical (unpaired) electrons. The fraction of sp³-hybridized carbons (Fsp3) is 0.600. The third kappa shape index (κ3) is 3.64. The molecule has 1 unspecified atom stereocenters. The lowest BCUT2D eigenvalue weighted by Gasteiger charge is -2.22. The summed E-state index contributed by atoms with van der Waals surface area (Å²) in [4.78, 5) is 2.44. The molecule has 3 heteroatoms. The van der Waals surface area contributed by atoms with Crippen molar-refractivity contribution < 1.29 is 4.74 Å². The van der Waals surface area contributed by atoms with Crippen molar-refractivity contribution in [3.8, 4) is 5.75 Å². The first-order valence-electron chi connectivity index (χ1n) is 7.02. The maximum atomic E-state index is 5.80. The van der Waals surface area contributed by atoms with Gasteiger partial charge >= 0.3 is 0 Å². The van der Waals surface area contributed by atoms with Crippen LogP contribution in [0.1, 0.15) is 26.7 Å². The van der Waals surface area contributed by atoms with E-state index in [1.54, 1.807) is 0 Å². The van der Waals surface area contributed by atoms with Crippen molar-refractivity contribution in [3.05, 3.63) is 24.3 Å². The van der Waals surface area contributed by atoms with Gasteiger partial charge in [-0.2, -0.15) is 0 Å². The maximum Gasteiger partial charge on any atom is 0.119 e. The second-order valence-corrected chi connectivity index (χ2v) is 4.92. The first-order chi connectivity index (χ1) is 8.79. The molecule has 0 amide bonds. The number of hydrogen-bond donors (Lipinski definition) is 1. The zero-order valence-electron chi connectivity index (χ0n) is 11.5. The Balaban J connectivity index is 1.97. The Kier molecular flexibility index (Phi) is 4.88. The van der Waals surface area contributed by atoms with Gasteiger partial charge in [-0.3, -0.25) is 0 Å². The van der Waals surface area contributed by atoms with Gasteiger partial charge in [0.15, 0.2) is 0 Å². The van der Waals surface area contributed by atoms with E-state index in [0.29, 0.717) is 6.10 Å². The van der Waals surface area contributed by atoms with Crippen LogP contribution in [0.4, 0.5) is 5.69 Å². The molecule has 1 aliphatic rings. The number of benzene rings is 1. The van der Waals surface area contributed by atoms with E-state index < -0.39 is 0 Å². The van der Waals surface area contributed by atoms with E-state index >= 15 is 0 Å². The zero-order chi connectivity index (χ0) is 12.8. The van der Waals surface area contributed by atoms with E-state index in [9.17, 15) is 0 Å². The molecule has 18 heavy (non-hydrogen) atoms. The number of rotatable bonds is 4. The van der Waals surface area contributed by atoms with E-state index in [0.717, 1.165) is 38.3 Å². The second kappa shape index (κ2) is 6.64. The van der Waals surface area contributed by atoms with Crippen molar-refractivity contribution in [2.45, 2.75) is 32.8 Å². The molecule has 1 aromatic carbocycles. The van der Waals surface area contributed by atoms with Gasteiger partial charge in [-0.1, -0.05) is 6.92 Å². The highest BCUT2D eigenvalue weighted by atomic mass is 16.5. The number of nitrogens with zero attached hydrogens (tertiary/aromatic N) is 1. The van der Waals surface area contributed by atoms with Crippen molar-refractivity contribution >= 4 is 5.69 Å². The van der Waals surface area contributed by atoms with Crippen LogP contribution < -0.4 is 15.0 Å². The van der Waals surface area contributed by atoms with Crippen LogP contribution in [0.25, 0.3) is 0 Å². The predicted octanol–water partition coefficient (Wildman–Crippen LogP) is 2.66. The summed E-state index contributed by atoms with van der Waals surface area (Å²) in [7, 11) is 0. The molecular weight excluding hydrogens is 224 g/mol. The molecule has 0 bridgehead atoms. The molecule has 0 aliphatic carbocycles. The van der Waals surface area contributed by atoms with Crippen LogP contribution in [0.2, 0.25) is 0 Å². The van der Waals surface area contributed by atoms with Crippen LogP contribution in [-0.4, -0.2) is 32.3 Å². The van der Waals surface area contributed by atoms with Gasteiger partial charge in [0.2, 0.25) is 0 Å². The summed E-state index contributed by atoms with van der Waals surface area (Å²) < 4.78 is 5.80. The van der Waals surface area contributed by atoms with Crippen molar-refractivity contribution in [2.24, 2.45) is 0 Å². The molecule has 0 spiro atoms. The van der Waals surface area contributed by atoms with Gasteiger partial charge in [0.1, 0.15) is 5.75 Å². The molecule has 100 valence electrons. The van der Waals surface area contributed by atoms with Gasteiger partial charge in [0.25, 0.3) is 0 Å². The summed E-state index contributed by atoms with van der Waals surface area (Å²) in [5.41, 5.74) is 1.30. The van der Waals surface area contributed by atoms with Gasteiger partial charge in [-0.05, 0) is 50.6 Å². The smallest absolute Gasteiger partial charge is 0.119 e. The minimum absolute atomic E-state index is 0.290. The number of anilines is 1. The Morgan fingerprint density at radius 1 is 1.22 bits per heavy atom. The summed E-state index contributed by atoms with van der Waals surface area (Å²) in [6.45, 7) is 8.68. The van der Waals surface area contributed by atoms with E-state index in [2.05, 4.69) is 48.3 Å². The topological polar surface area (TPSA) is 24.5 Å². The third-order valence-electron chi connectivity index (χ3n) is 3.45. The highest BCUT2D eigenvalue weighted by Crippen LogP contribution is 2.21. The van der Waals surface area contributed by atoms with Crippen LogP contribution >= 0.6 is 0 Å². The maximum absolute atomic E-state index is 5.80. The largest absolute Gasteiger partial charge is 0.491 e. The van der Waals surface area contributed by atoms with Crippen LogP contribution in [0.5, 0.6) is 5.75 Å². The fourth-order valence-corrected chi connectivity index (χ4v) is 2.16. The Bertz CT molecular complexity index is 342. The number of nitrogens with one attached hydrogen (secondary N) is 1. The van der Waals surface area contributed by atoms with E-state index in [4.69, 9.17) is 4.74 Å². The Morgan fingerprint density at radius 3 is 2.72 bits per heavy atom. The quantitative estimate of drug-likeness (QED) is 0.886. The summed E-state index contributed by atoms with van der Waals surface area (Å²) in [6, 6.07) is 8.51. The molecule has 1 saturated heterocycles. The molecule has 2 rings (SSSR count). The first-order valence-corrected chi connectivity index (χ1v) is 7.02. The van der Waals surface area contributed by atoms with Crippen molar-refractivity contribution in [2.75, 3.05) is 31.1 Å². The predicted molar refractivity (Wildman–Crippen MR) is 76.5 cm³/mol. The Morgan fingerprint density at radius 2 is 2.00 bits per heavy atom. The summed E-state index contributed by atoms with van der Waals surface area (Å²) in [6.07, 6.45) is 2.54. The van der Waals surface area contributed by atoms with Gasteiger partial charge in [0, 0.05) is 25.3 Å². The zero-order valence-corrected chi connectivity index (χ0v) is 11.5. The molecule has 1 fully saturated rings. The van der Waals surface area contributed by atoms with Crippen molar-refractivity contribution in [1.29, 1.82) is 0 Å². The highest BCUT2D eigenvalue weighted by molar-refractivity contribution is 5.49. The van der Waals surface area contributed by atoms with Crippen LogP contribution in [0.3, 0.4) is 0 Å².